The Kier molecular flexibility index (Phi) is 3.86. The van der Waals surface area contributed by atoms with E-state index in [2.05, 4.69) is 15.6 Å². The highest BCUT2D eigenvalue weighted by molar-refractivity contribution is 6.08. The molecule has 0 radical (unpaired) electrons. The van der Waals surface area contributed by atoms with Gasteiger partial charge in [-0.15, -0.1) is 0 Å². The molecular weight excluding hydrogens is 412 g/mol. The van der Waals surface area contributed by atoms with Gasteiger partial charge in [0.05, 0.1) is 13.7 Å². The number of benzene rings is 1. The van der Waals surface area contributed by atoms with Crippen LogP contribution in [0.5, 0.6) is 5.75 Å². The van der Waals surface area contributed by atoms with Gasteiger partial charge in [0.2, 0.25) is 0 Å². The molecule has 9 heteroatoms. The van der Waals surface area contributed by atoms with E-state index < -0.39 is 17.5 Å². The van der Waals surface area contributed by atoms with Gasteiger partial charge in [0.25, 0.3) is 11.8 Å². The molecule has 1 unspecified atom stereocenters. The van der Waals surface area contributed by atoms with Gasteiger partial charge in [-0.05, 0) is 42.7 Å². The number of urea groups is 1. The molecule has 162 valence electrons. The number of fused-ring (bicyclic) bond motifs is 2. The van der Waals surface area contributed by atoms with E-state index in [9.17, 15) is 14.4 Å². The molecule has 2 fully saturated rings. The van der Waals surface area contributed by atoms with Gasteiger partial charge in [0.1, 0.15) is 17.0 Å². The molecule has 1 atom stereocenters. The summed E-state index contributed by atoms with van der Waals surface area (Å²) in [4.78, 5) is 44.4. The van der Waals surface area contributed by atoms with E-state index in [0.717, 1.165) is 24.1 Å². The van der Waals surface area contributed by atoms with E-state index in [0.29, 0.717) is 34.9 Å². The van der Waals surface area contributed by atoms with Gasteiger partial charge in [-0.3, -0.25) is 14.9 Å². The smallest absolute Gasteiger partial charge is 0.322 e. The third-order valence-electron chi connectivity index (χ3n) is 6.38. The molecule has 1 aliphatic carbocycles. The van der Waals surface area contributed by atoms with Gasteiger partial charge in [-0.25, -0.2) is 9.78 Å². The Balaban J connectivity index is 1.38. The average molecular weight is 432 g/mol. The number of nitrogens with one attached hydrogen (secondary N) is 2. The summed E-state index contributed by atoms with van der Waals surface area (Å²) in [6.45, 7) is 0.239. The second-order valence-corrected chi connectivity index (χ2v) is 8.50. The largest absolute Gasteiger partial charge is 0.497 e. The molecule has 4 heterocycles. The van der Waals surface area contributed by atoms with Crippen LogP contribution in [0.1, 0.15) is 46.1 Å². The lowest BCUT2D eigenvalue weighted by Crippen LogP contribution is -2.52. The van der Waals surface area contributed by atoms with Crippen LogP contribution < -0.4 is 15.4 Å². The Morgan fingerprint density at radius 1 is 1.19 bits per heavy atom. The summed E-state index contributed by atoms with van der Waals surface area (Å²) >= 11 is 0. The first kappa shape index (κ1) is 18.9. The number of methoxy groups -OCH3 is 1. The Morgan fingerprint density at radius 3 is 2.75 bits per heavy atom. The van der Waals surface area contributed by atoms with Crippen LogP contribution in [0.25, 0.3) is 11.1 Å². The normalized spacial score (nSPS) is 22.3. The quantitative estimate of drug-likeness (QED) is 0.599. The highest BCUT2D eigenvalue weighted by atomic mass is 16.5. The minimum atomic E-state index is -1.54. The second-order valence-electron chi connectivity index (χ2n) is 8.50. The number of ether oxygens (including phenoxy) is 1. The first-order valence-corrected chi connectivity index (χ1v) is 10.5. The van der Waals surface area contributed by atoms with Crippen LogP contribution in [0.4, 0.5) is 4.79 Å². The van der Waals surface area contributed by atoms with Gasteiger partial charge in [-0.1, -0.05) is 6.07 Å². The van der Waals surface area contributed by atoms with Crippen molar-refractivity contribution in [3.63, 3.8) is 0 Å². The van der Waals surface area contributed by atoms with Crippen LogP contribution in [0.15, 0.2) is 40.8 Å². The summed E-state index contributed by atoms with van der Waals surface area (Å²) in [6, 6.07) is 10.1. The van der Waals surface area contributed by atoms with E-state index in [4.69, 9.17) is 9.15 Å². The molecule has 1 saturated carbocycles. The summed E-state index contributed by atoms with van der Waals surface area (Å²) in [5, 5.41) is 4.99. The lowest BCUT2D eigenvalue weighted by Gasteiger charge is -2.28. The average Bonchev–Trinajstić information content (AvgIpc) is 3.39. The number of pyridine rings is 1. The molecule has 3 aromatic rings. The highest BCUT2D eigenvalue weighted by Crippen LogP contribution is 2.40. The van der Waals surface area contributed by atoms with Crippen molar-refractivity contribution in [2.24, 2.45) is 0 Å². The molecule has 2 aliphatic heterocycles. The maximum atomic E-state index is 13.1. The fraction of sp³-hybridized carbons (Fsp3) is 0.304. The fourth-order valence-corrected chi connectivity index (χ4v) is 4.49. The molecule has 3 aliphatic rings. The molecule has 4 amide bonds. The summed E-state index contributed by atoms with van der Waals surface area (Å²) in [5.74, 6) is 0.495. The van der Waals surface area contributed by atoms with Crippen molar-refractivity contribution in [1.29, 1.82) is 0 Å². The van der Waals surface area contributed by atoms with Crippen molar-refractivity contribution >= 4 is 28.9 Å². The van der Waals surface area contributed by atoms with Crippen molar-refractivity contribution in [2.75, 3.05) is 13.7 Å². The van der Waals surface area contributed by atoms with Gasteiger partial charge < -0.3 is 19.4 Å². The van der Waals surface area contributed by atoms with Crippen LogP contribution >= 0.6 is 0 Å². The first-order chi connectivity index (χ1) is 15.5. The van der Waals surface area contributed by atoms with E-state index in [1.807, 2.05) is 18.2 Å². The molecule has 2 N–H and O–H groups in total. The van der Waals surface area contributed by atoms with Crippen LogP contribution in [-0.2, 0) is 16.9 Å². The Bertz CT molecular complexity index is 1310. The van der Waals surface area contributed by atoms with Crippen molar-refractivity contribution in [3.05, 3.63) is 59.0 Å². The standard InChI is InChI=1S/C23H20N4O5/c1-31-14-5-4-13-10-27(20(28)15(13)8-14)11-23(21(29)25-22(30)26-23)19-9-17-18(32-19)7-6-16(24-17)12-2-3-12/h4-9,12H,2-3,10-11H2,1H3,(H2,25,26,29,30). The molecule has 2 aromatic heterocycles. The summed E-state index contributed by atoms with van der Waals surface area (Å²) in [6.07, 6.45) is 2.24. The van der Waals surface area contributed by atoms with Crippen molar-refractivity contribution in [3.8, 4) is 5.75 Å². The molecule has 32 heavy (non-hydrogen) atoms. The monoisotopic (exact) mass is 432 g/mol. The molecule has 0 spiro atoms. The van der Waals surface area contributed by atoms with Gasteiger partial charge >= 0.3 is 6.03 Å². The highest BCUT2D eigenvalue weighted by Gasteiger charge is 2.53. The summed E-state index contributed by atoms with van der Waals surface area (Å²) in [7, 11) is 1.54. The van der Waals surface area contributed by atoms with Crippen LogP contribution in [0, 0.1) is 0 Å². The van der Waals surface area contributed by atoms with Crippen molar-refractivity contribution in [1.82, 2.24) is 20.5 Å². The van der Waals surface area contributed by atoms with E-state index in [1.54, 1.807) is 18.2 Å². The Hall–Kier alpha value is -3.88. The number of hydrogen-bond donors (Lipinski definition) is 2. The first-order valence-electron chi connectivity index (χ1n) is 10.5. The number of furan rings is 1. The van der Waals surface area contributed by atoms with Crippen molar-refractivity contribution in [2.45, 2.75) is 30.8 Å². The SMILES string of the molecule is COc1ccc2c(c1)C(=O)N(CC1(c3cc4nc(C5CC5)ccc4o3)NC(=O)NC1=O)C2. The summed E-state index contributed by atoms with van der Waals surface area (Å²) < 4.78 is 11.2. The topological polar surface area (TPSA) is 114 Å². The van der Waals surface area contributed by atoms with Crippen LogP contribution in [0.3, 0.4) is 0 Å². The number of carbonyl (C=O) groups is 3. The van der Waals surface area contributed by atoms with E-state index in [1.165, 1.54) is 12.0 Å². The number of hydrogen-bond acceptors (Lipinski definition) is 6. The summed E-state index contributed by atoms with van der Waals surface area (Å²) in [5.41, 5.74) is 1.95. The Morgan fingerprint density at radius 2 is 2.03 bits per heavy atom. The zero-order chi connectivity index (χ0) is 22.0. The molecule has 0 bridgehead atoms. The van der Waals surface area contributed by atoms with Crippen LogP contribution in [0.2, 0.25) is 0 Å². The number of imide groups is 1. The lowest BCUT2D eigenvalue weighted by atomic mass is 9.95. The zero-order valence-corrected chi connectivity index (χ0v) is 17.3. The number of amides is 4. The lowest BCUT2D eigenvalue weighted by molar-refractivity contribution is -0.125. The minimum Gasteiger partial charge on any atom is -0.497 e. The minimum absolute atomic E-state index is 0.0737. The predicted molar refractivity (Wildman–Crippen MR) is 112 cm³/mol. The second kappa shape index (κ2) is 6.56. The van der Waals surface area contributed by atoms with E-state index in [-0.39, 0.29) is 18.2 Å². The maximum Gasteiger partial charge on any atom is 0.322 e. The van der Waals surface area contributed by atoms with E-state index >= 15 is 0 Å². The van der Waals surface area contributed by atoms with Crippen molar-refractivity contribution < 1.29 is 23.5 Å². The van der Waals surface area contributed by atoms with Gasteiger partial charge in [-0.2, -0.15) is 0 Å². The molecule has 9 nitrogen and oxygen atoms in total. The third-order valence-corrected chi connectivity index (χ3v) is 6.38. The third kappa shape index (κ3) is 2.77. The maximum absolute atomic E-state index is 13.1. The van der Waals surface area contributed by atoms with Gasteiger partial charge in [0.15, 0.2) is 11.1 Å². The fourth-order valence-electron chi connectivity index (χ4n) is 4.49. The number of carbonyl (C=O) groups excluding carboxylic acids is 3. The number of nitrogens with zero attached hydrogens (tertiary/aromatic N) is 2. The van der Waals surface area contributed by atoms with Crippen LogP contribution in [-0.4, -0.2) is 41.4 Å². The molecular formula is C23H20N4O5. The molecule has 1 saturated heterocycles. The predicted octanol–water partition coefficient (Wildman–Crippen LogP) is 2.40. The Labute approximate surface area is 182 Å². The molecule has 6 rings (SSSR count). The van der Waals surface area contributed by atoms with Gasteiger partial charge in [0, 0.05) is 29.8 Å². The molecule has 1 aromatic carbocycles. The number of rotatable bonds is 5. The zero-order valence-electron chi connectivity index (χ0n) is 17.3. The number of aromatic nitrogens is 1.